The molecule has 0 bridgehead atoms. The first-order valence-corrected chi connectivity index (χ1v) is 10.9. The van der Waals surface area contributed by atoms with E-state index in [0.29, 0.717) is 23.6 Å². The quantitative estimate of drug-likeness (QED) is 0.684. The van der Waals surface area contributed by atoms with Gasteiger partial charge in [0.15, 0.2) is 27.9 Å². The summed E-state index contributed by atoms with van der Waals surface area (Å²) in [6, 6.07) is 12.9. The van der Waals surface area contributed by atoms with Crippen molar-refractivity contribution in [2.45, 2.75) is 12.5 Å². The molecule has 1 saturated heterocycles. The number of sulfone groups is 1. The topological polar surface area (TPSA) is 99.2 Å². The van der Waals surface area contributed by atoms with Gasteiger partial charge in [-0.25, -0.2) is 13.2 Å². The molecule has 1 atom stereocenters. The van der Waals surface area contributed by atoms with Crippen LogP contribution in [0, 0.1) is 0 Å². The summed E-state index contributed by atoms with van der Waals surface area (Å²) in [7, 11) is -3.19. The molecule has 0 N–H and O–H groups in total. The third-order valence-electron chi connectivity index (χ3n) is 4.81. The maximum absolute atomic E-state index is 12.9. The third kappa shape index (κ3) is 4.19. The summed E-state index contributed by atoms with van der Waals surface area (Å²) in [5.74, 6) is -0.256. The molecule has 0 radical (unpaired) electrons. The van der Waals surface area contributed by atoms with Crippen LogP contribution in [0.3, 0.4) is 0 Å². The van der Waals surface area contributed by atoms with Crippen molar-refractivity contribution in [3.63, 3.8) is 0 Å². The van der Waals surface area contributed by atoms with Crippen LogP contribution in [-0.2, 0) is 19.4 Å². The number of nitrogens with zero attached hydrogens (tertiary/aromatic N) is 1. The zero-order valence-corrected chi connectivity index (χ0v) is 16.3. The number of hydrogen-bond acceptors (Lipinski definition) is 7. The molecule has 0 aromatic heterocycles. The minimum absolute atomic E-state index is 0.0330. The van der Waals surface area contributed by atoms with Gasteiger partial charge >= 0.3 is 5.97 Å². The predicted molar refractivity (Wildman–Crippen MR) is 104 cm³/mol. The van der Waals surface area contributed by atoms with Crippen molar-refractivity contribution in [2.75, 3.05) is 29.8 Å². The molecule has 8 nitrogen and oxygen atoms in total. The van der Waals surface area contributed by atoms with Crippen molar-refractivity contribution in [2.24, 2.45) is 0 Å². The molecule has 152 valence electrons. The molecule has 1 fully saturated rings. The van der Waals surface area contributed by atoms with Crippen LogP contribution < -0.4 is 14.4 Å². The number of hydrogen-bond donors (Lipinski definition) is 0. The first kappa shape index (κ1) is 19.3. The van der Waals surface area contributed by atoms with Gasteiger partial charge in [-0.2, -0.15) is 0 Å². The lowest BCUT2D eigenvalue weighted by molar-refractivity contribution is -0.122. The van der Waals surface area contributed by atoms with Crippen molar-refractivity contribution in [3.05, 3.63) is 54.1 Å². The van der Waals surface area contributed by atoms with Crippen LogP contribution in [0.4, 0.5) is 5.69 Å². The van der Waals surface area contributed by atoms with E-state index in [1.165, 1.54) is 17.0 Å². The first-order chi connectivity index (χ1) is 13.9. The number of anilines is 1. The average molecular weight is 417 g/mol. The van der Waals surface area contributed by atoms with E-state index in [0.717, 1.165) is 0 Å². The van der Waals surface area contributed by atoms with Crippen molar-refractivity contribution in [3.8, 4) is 11.5 Å². The second-order valence-corrected chi connectivity index (χ2v) is 9.03. The number of benzene rings is 2. The fraction of sp³-hybridized carbons (Fsp3) is 0.300. The van der Waals surface area contributed by atoms with Crippen LogP contribution >= 0.6 is 0 Å². The van der Waals surface area contributed by atoms with Gasteiger partial charge in [0.2, 0.25) is 6.79 Å². The van der Waals surface area contributed by atoms with Gasteiger partial charge in [-0.1, -0.05) is 18.2 Å². The second-order valence-electron chi connectivity index (χ2n) is 6.80. The van der Waals surface area contributed by atoms with Crippen LogP contribution in [0.5, 0.6) is 11.5 Å². The van der Waals surface area contributed by atoms with E-state index in [1.54, 1.807) is 36.4 Å². The lowest BCUT2D eigenvalue weighted by Gasteiger charge is -2.28. The predicted octanol–water partition coefficient (Wildman–Crippen LogP) is 1.79. The normalized spacial score (nSPS) is 19.0. The van der Waals surface area contributed by atoms with Crippen LogP contribution in [0.2, 0.25) is 0 Å². The lowest BCUT2D eigenvalue weighted by Crippen LogP contribution is -2.43. The minimum Gasteiger partial charge on any atom is -0.454 e. The van der Waals surface area contributed by atoms with Crippen molar-refractivity contribution < 1.29 is 32.2 Å². The molecule has 2 aromatic carbocycles. The molecule has 0 spiro atoms. The number of amides is 1. The third-order valence-corrected chi connectivity index (χ3v) is 6.56. The molecule has 0 saturated carbocycles. The van der Waals surface area contributed by atoms with Crippen LogP contribution in [-0.4, -0.2) is 51.2 Å². The Hall–Kier alpha value is -3.07. The van der Waals surface area contributed by atoms with E-state index in [4.69, 9.17) is 14.2 Å². The van der Waals surface area contributed by atoms with Crippen LogP contribution in [0.25, 0.3) is 0 Å². The van der Waals surface area contributed by atoms with E-state index >= 15 is 0 Å². The SMILES string of the molecule is O=C(OCC(=O)N(c1ccccc1)[C@H]1CCS(=O)(=O)C1)c1ccc2c(c1)OCO2. The highest BCUT2D eigenvalue weighted by Gasteiger charge is 2.35. The van der Waals surface area contributed by atoms with E-state index in [9.17, 15) is 18.0 Å². The van der Waals surface area contributed by atoms with E-state index in [1.807, 2.05) is 0 Å². The largest absolute Gasteiger partial charge is 0.454 e. The van der Waals surface area contributed by atoms with Crippen molar-refractivity contribution in [1.29, 1.82) is 0 Å². The molecule has 1 amide bonds. The standard InChI is InChI=1S/C20H19NO7S/c22-19(11-26-20(23)14-6-7-17-18(10-14)28-13-27-17)21(15-4-2-1-3-5-15)16-8-9-29(24,25)12-16/h1-7,10,16H,8-9,11-13H2/t16-/m0/s1. The number of carbonyl (C=O) groups excluding carboxylic acids is 2. The average Bonchev–Trinajstić information content (AvgIpc) is 3.32. The number of rotatable bonds is 5. The Kier molecular flexibility index (Phi) is 5.14. The number of fused-ring (bicyclic) bond motifs is 1. The van der Waals surface area contributed by atoms with E-state index in [2.05, 4.69) is 0 Å². The Balaban J connectivity index is 1.47. The monoisotopic (exact) mass is 417 g/mol. The molecule has 2 aliphatic heterocycles. The summed E-state index contributed by atoms with van der Waals surface area (Å²) in [6.45, 7) is -0.415. The zero-order valence-electron chi connectivity index (χ0n) is 15.4. The smallest absolute Gasteiger partial charge is 0.338 e. The maximum atomic E-state index is 12.9. The molecule has 2 aromatic rings. The maximum Gasteiger partial charge on any atom is 0.338 e. The van der Waals surface area contributed by atoms with Crippen molar-refractivity contribution >= 4 is 27.4 Å². The summed E-state index contributed by atoms with van der Waals surface area (Å²) in [5.41, 5.74) is 0.801. The molecule has 4 rings (SSSR count). The Labute approximate surface area is 167 Å². The molecular weight excluding hydrogens is 398 g/mol. The Morgan fingerprint density at radius 1 is 1.07 bits per heavy atom. The Morgan fingerprint density at radius 2 is 1.83 bits per heavy atom. The molecule has 2 heterocycles. The van der Waals surface area contributed by atoms with Gasteiger partial charge in [0.05, 0.1) is 23.1 Å². The highest BCUT2D eigenvalue weighted by atomic mass is 32.2. The summed E-state index contributed by atoms with van der Waals surface area (Å²) in [4.78, 5) is 26.6. The summed E-state index contributed by atoms with van der Waals surface area (Å²) in [5, 5.41) is 0. The molecule has 9 heteroatoms. The Morgan fingerprint density at radius 3 is 2.55 bits per heavy atom. The summed E-state index contributed by atoms with van der Waals surface area (Å²) < 4.78 is 39.4. The van der Waals surface area contributed by atoms with Crippen LogP contribution in [0.15, 0.2) is 48.5 Å². The molecule has 0 unspecified atom stereocenters. The fourth-order valence-corrected chi connectivity index (χ4v) is 5.13. The molecular formula is C20H19NO7S. The number of esters is 1. The van der Waals surface area contributed by atoms with E-state index in [-0.39, 0.29) is 23.9 Å². The fourth-order valence-electron chi connectivity index (χ4n) is 3.43. The molecule has 29 heavy (non-hydrogen) atoms. The lowest BCUT2D eigenvalue weighted by atomic mass is 10.2. The van der Waals surface area contributed by atoms with Gasteiger partial charge < -0.3 is 19.1 Å². The highest BCUT2D eigenvalue weighted by Crippen LogP contribution is 2.32. The van der Waals surface area contributed by atoms with Gasteiger partial charge in [-0.3, -0.25) is 4.79 Å². The van der Waals surface area contributed by atoms with E-state index < -0.39 is 34.4 Å². The second kappa shape index (κ2) is 7.75. The number of para-hydroxylation sites is 1. The van der Waals surface area contributed by atoms with Gasteiger partial charge in [0.1, 0.15) is 0 Å². The first-order valence-electron chi connectivity index (χ1n) is 9.07. The summed E-state index contributed by atoms with van der Waals surface area (Å²) >= 11 is 0. The highest BCUT2D eigenvalue weighted by molar-refractivity contribution is 7.91. The number of carbonyl (C=O) groups is 2. The van der Waals surface area contributed by atoms with Gasteiger partial charge in [0.25, 0.3) is 5.91 Å². The van der Waals surface area contributed by atoms with Gasteiger partial charge in [-0.15, -0.1) is 0 Å². The van der Waals surface area contributed by atoms with Crippen molar-refractivity contribution in [1.82, 2.24) is 0 Å². The number of ether oxygens (including phenoxy) is 3. The molecule has 2 aliphatic rings. The minimum atomic E-state index is -3.19. The zero-order chi connectivity index (χ0) is 20.4. The summed E-state index contributed by atoms with van der Waals surface area (Å²) in [6.07, 6.45) is 0.346. The molecule has 0 aliphatic carbocycles. The Bertz CT molecular complexity index is 1040. The van der Waals surface area contributed by atoms with Gasteiger partial charge in [0, 0.05) is 5.69 Å². The van der Waals surface area contributed by atoms with Gasteiger partial charge in [-0.05, 0) is 36.8 Å². The van der Waals surface area contributed by atoms with Crippen LogP contribution in [0.1, 0.15) is 16.8 Å².